The number of halogens is 3. The van der Waals surface area contributed by atoms with E-state index in [0.717, 1.165) is 11.8 Å². The van der Waals surface area contributed by atoms with Crippen LogP contribution in [0.15, 0.2) is 54.9 Å². The Morgan fingerprint density at radius 2 is 1.93 bits per heavy atom. The first-order valence-electron chi connectivity index (χ1n) is 7.90. The van der Waals surface area contributed by atoms with E-state index in [0.29, 0.717) is 5.75 Å². The number of ether oxygens (including phenoxy) is 1. The second kappa shape index (κ2) is 7.48. The van der Waals surface area contributed by atoms with E-state index in [4.69, 9.17) is 4.74 Å². The number of anilines is 1. The number of alkyl halides is 3. The highest BCUT2D eigenvalue weighted by Gasteiger charge is 2.32. The Balaban J connectivity index is 1.58. The van der Waals surface area contributed by atoms with Crippen molar-refractivity contribution in [2.24, 2.45) is 0 Å². The molecule has 0 aliphatic rings. The number of hydrogen-bond donors (Lipinski definition) is 1. The van der Waals surface area contributed by atoms with Gasteiger partial charge in [0.25, 0.3) is 5.91 Å². The van der Waals surface area contributed by atoms with Crippen LogP contribution in [-0.2, 0) is 11.0 Å². The average Bonchev–Trinajstić information content (AvgIpc) is 3.16. The van der Waals surface area contributed by atoms with Crippen molar-refractivity contribution in [2.45, 2.75) is 13.1 Å². The maximum atomic E-state index is 12.9. The molecule has 3 aromatic rings. The van der Waals surface area contributed by atoms with Gasteiger partial charge >= 0.3 is 6.18 Å². The molecule has 1 N–H and O–H groups in total. The molecule has 140 valence electrons. The zero-order valence-corrected chi connectivity index (χ0v) is 14.2. The van der Waals surface area contributed by atoms with E-state index in [1.165, 1.54) is 19.1 Å². The maximum Gasteiger partial charge on any atom is 0.416 e. The molecule has 0 spiro atoms. The van der Waals surface area contributed by atoms with E-state index in [2.05, 4.69) is 15.6 Å². The molecule has 0 aliphatic heterocycles. The van der Waals surface area contributed by atoms with Crippen molar-refractivity contribution in [1.29, 1.82) is 0 Å². The summed E-state index contributed by atoms with van der Waals surface area (Å²) in [6.07, 6.45) is -1.25. The van der Waals surface area contributed by atoms with E-state index >= 15 is 0 Å². The number of hydrogen-bond acceptors (Lipinski definition) is 4. The van der Waals surface area contributed by atoms with Crippen molar-refractivity contribution in [3.63, 3.8) is 0 Å². The Labute approximate surface area is 152 Å². The van der Waals surface area contributed by atoms with Crippen molar-refractivity contribution in [3.8, 4) is 11.4 Å². The molecular formula is C18H15F3N4O2. The van der Waals surface area contributed by atoms with Crippen LogP contribution in [0.25, 0.3) is 5.69 Å². The molecule has 1 heterocycles. The van der Waals surface area contributed by atoms with E-state index in [1.807, 2.05) is 0 Å². The Hall–Kier alpha value is -3.36. The van der Waals surface area contributed by atoms with Gasteiger partial charge in [-0.1, -0.05) is 11.3 Å². The Bertz CT molecular complexity index is 923. The molecule has 0 saturated heterocycles. The molecule has 27 heavy (non-hydrogen) atoms. The Morgan fingerprint density at radius 3 is 2.56 bits per heavy atom. The average molecular weight is 376 g/mol. The molecule has 9 heteroatoms. The second-order valence-electron chi connectivity index (χ2n) is 5.71. The van der Waals surface area contributed by atoms with E-state index in [-0.39, 0.29) is 17.9 Å². The molecule has 0 fully saturated rings. The number of nitrogens with one attached hydrogen (secondary N) is 1. The van der Waals surface area contributed by atoms with Crippen LogP contribution in [0.3, 0.4) is 0 Å². The normalized spacial score (nSPS) is 11.3. The predicted molar refractivity (Wildman–Crippen MR) is 91.7 cm³/mol. The first-order chi connectivity index (χ1) is 12.8. The smallest absolute Gasteiger partial charge is 0.416 e. The van der Waals surface area contributed by atoms with Crippen molar-refractivity contribution >= 4 is 11.6 Å². The highest BCUT2D eigenvalue weighted by atomic mass is 19.4. The summed E-state index contributed by atoms with van der Waals surface area (Å²) in [5, 5.41) is 9.95. The van der Waals surface area contributed by atoms with Gasteiger partial charge in [0.15, 0.2) is 6.61 Å². The minimum Gasteiger partial charge on any atom is -0.484 e. The number of nitrogens with zero attached hydrogens (tertiary/aromatic N) is 3. The first-order valence-corrected chi connectivity index (χ1v) is 7.90. The number of benzene rings is 2. The van der Waals surface area contributed by atoms with E-state index in [9.17, 15) is 18.0 Å². The lowest BCUT2D eigenvalue weighted by Gasteiger charge is -2.13. The summed E-state index contributed by atoms with van der Waals surface area (Å²) in [6.45, 7) is 1.03. The van der Waals surface area contributed by atoms with Crippen LogP contribution >= 0.6 is 0 Å². The molecule has 3 rings (SSSR count). The summed E-state index contributed by atoms with van der Waals surface area (Å²) < 4.78 is 45.7. The molecule has 0 saturated carbocycles. The lowest BCUT2D eigenvalue weighted by Crippen LogP contribution is -2.20. The minimum atomic E-state index is -4.48. The third-order valence-corrected chi connectivity index (χ3v) is 3.72. The summed E-state index contributed by atoms with van der Waals surface area (Å²) in [5.74, 6) is -0.124. The predicted octanol–water partition coefficient (Wildman–Crippen LogP) is 3.61. The van der Waals surface area contributed by atoms with Crippen LogP contribution in [0.1, 0.15) is 11.1 Å². The highest BCUT2D eigenvalue weighted by molar-refractivity contribution is 5.92. The third-order valence-electron chi connectivity index (χ3n) is 3.72. The fourth-order valence-electron chi connectivity index (χ4n) is 2.39. The van der Waals surface area contributed by atoms with Crippen molar-refractivity contribution < 1.29 is 22.7 Å². The zero-order valence-electron chi connectivity index (χ0n) is 14.2. The van der Waals surface area contributed by atoms with Gasteiger partial charge in [0.05, 0.1) is 23.6 Å². The third kappa shape index (κ3) is 4.63. The van der Waals surface area contributed by atoms with E-state index in [1.54, 1.807) is 41.3 Å². The number of carbonyl (C=O) groups is 1. The van der Waals surface area contributed by atoms with Crippen LogP contribution in [0, 0.1) is 6.92 Å². The van der Waals surface area contributed by atoms with Gasteiger partial charge in [0, 0.05) is 5.69 Å². The molecule has 2 aromatic carbocycles. The number of amides is 1. The molecule has 0 bridgehead atoms. The summed E-state index contributed by atoms with van der Waals surface area (Å²) in [7, 11) is 0. The van der Waals surface area contributed by atoms with Gasteiger partial charge in [0.2, 0.25) is 0 Å². The van der Waals surface area contributed by atoms with Crippen LogP contribution in [0.2, 0.25) is 0 Å². The van der Waals surface area contributed by atoms with Crippen LogP contribution in [0.4, 0.5) is 18.9 Å². The molecule has 0 atom stereocenters. The Kier molecular flexibility index (Phi) is 5.11. The van der Waals surface area contributed by atoms with Crippen LogP contribution < -0.4 is 10.1 Å². The van der Waals surface area contributed by atoms with Gasteiger partial charge in [-0.3, -0.25) is 4.79 Å². The molecule has 6 nitrogen and oxygen atoms in total. The highest BCUT2D eigenvalue weighted by Crippen LogP contribution is 2.33. The monoisotopic (exact) mass is 376 g/mol. The van der Waals surface area contributed by atoms with Gasteiger partial charge in [-0.15, -0.1) is 5.10 Å². The van der Waals surface area contributed by atoms with Gasteiger partial charge in [-0.2, -0.15) is 13.2 Å². The summed E-state index contributed by atoms with van der Waals surface area (Å²) >= 11 is 0. The number of aromatic nitrogens is 3. The van der Waals surface area contributed by atoms with Crippen molar-refractivity contribution in [2.75, 3.05) is 11.9 Å². The van der Waals surface area contributed by atoms with Crippen molar-refractivity contribution in [3.05, 3.63) is 66.0 Å². The fraction of sp³-hybridized carbons (Fsp3) is 0.167. The van der Waals surface area contributed by atoms with Crippen LogP contribution in [0.5, 0.6) is 5.75 Å². The topological polar surface area (TPSA) is 69.0 Å². The van der Waals surface area contributed by atoms with Gasteiger partial charge in [-0.05, 0) is 48.9 Å². The first kappa shape index (κ1) is 18.4. The Morgan fingerprint density at radius 1 is 1.19 bits per heavy atom. The SMILES string of the molecule is Cc1ccc(NC(=O)COc2ccc(-n3ccnn3)cc2)cc1C(F)(F)F. The van der Waals surface area contributed by atoms with E-state index < -0.39 is 17.6 Å². The lowest BCUT2D eigenvalue weighted by molar-refractivity contribution is -0.138. The molecule has 1 amide bonds. The molecule has 1 aromatic heterocycles. The molecule has 0 aliphatic carbocycles. The van der Waals surface area contributed by atoms with Gasteiger partial charge in [-0.25, -0.2) is 4.68 Å². The largest absolute Gasteiger partial charge is 0.484 e. The lowest BCUT2D eigenvalue weighted by atomic mass is 10.1. The molecular weight excluding hydrogens is 361 g/mol. The van der Waals surface area contributed by atoms with Crippen molar-refractivity contribution in [1.82, 2.24) is 15.0 Å². The van der Waals surface area contributed by atoms with Crippen LogP contribution in [-0.4, -0.2) is 27.5 Å². The summed E-state index contributed by atoms with van der Waals surface area (Å²) in [5.41, 5.74) is 0.126. The van der Waals surface area contributed by atoms with Gasteiger partial charge in [0.1, 0.15) is 5.75 Å². The summed E-state index contributed by atoms with van der Waals surface area (Å²) in [4.78, 5) is 11.9. The molecule has 0 radical (unpaired) electrons. The van der Waals surface area contributed by atoms with Gasteiger partial charge < -0.3 is 10.1 Å². The number of rotatable bonds is 5. The standard InChI is InChI=1S/C18H15F3N4O2/c1-12-2-3-13(10-16(12)18(19,20)21)23-17(26)11-27-15-6-4-14(5-7-15)25-9-8-22-24-25/h2-10H,11H2,1H3,(H,23,26). The molecule has 0 unspecified atom stereocenters. The fourth-order valence-corrected chi connectivity index (χ4v) is 2.39. The maximum absolute atomic E-state index is 12.9. The number of aryl methyl sites for hydroxylation is 1. The minimum absolute atomic E-state index is 0.0584. The number of carbonyl (C=O) groups excluding carboxylic acids is 1. The zero-order chi connectivity index (χ0) is 19.4. The quantitative estimate of drug-likeness (QED) is 0.739. The second-order valence-corrected chi connectivity index (χ2v) is 5.71. The summed E-state index contributed by atoms with van der Waals surface area (Å²) in [6, 6.07) is 10.4.